The summed E-state index contributed by atoms with van der Waals surface area (Å²) in [5, 5.41) is 18.7. The highest BCUT2D eigenvalue weighted by Gasteiger charge is 2.22. The number of carbonyl (C=O) groups is 1. The van der Waals surface area contributed by atoms with Gasteiger partial charge >= 0.3 is 5.97 Å². The summed E-state index contributed by atoms with van der Waals surface area (Å²) < 4.78 is 45.9. The summed E-state index contributed by atoms with van der Waals surface area (Å²) in [5.74, 6) is -1.84. The number of rotatable bonds is 7. The Labute approximate surface area is 180 Å². The van der Waals surface area contributed by atoms with E-state index in [1.54, 1.807) is 6.07 Å². The smallest absolute Gasteiger partial charge is 0.341 e. The van der Waals surface area contributed by atoms with Crippen molar-refractivity contribution in [2.75, 3.05) is 17.9 Å². The molecule has 0 saturated carbocycles. The second-order valence-corrected chi connectivity index (χ2v) is 9.52. The Morgan fingerprint density at radius 3 is 2.63 bits per heavy atom. The van der Waals surface area contributed by atoms with Crippen LogP contribution in [0.5, 0.6) is 5.75 Å². The molecule has 2 aromatic carbocycles. The van der Waals surface area contributed by atoms with Crippen LogP contribution < -0.4 is 4.72 Å². The third-order valence-electron chi connectivity index (χ3n) is 3.86. The molecule has 0 saturated heterocycles. The number of halogens is 2. The summed E-state index contributed by atoms with van der Waals surface area (Å²) in [6.45, 7) is -0.606. The zero-order valence-electron chi connectivity index (χ0n) is 15.1. The van der Waals surface area contributed by atoms with E-state index in [1.807, 2.05) is 0 Å². The highest BCUT2D eigenvalue weighted by molar-refractivity contribution is 7.94. The number of aliphatic hydroxyl groups is 1. The predicted molar refractivity (Wildman–Crippen MR) is 111 cm³/mol. The molecule has 3 aromatic rings. The van der Waals surface area contributed by atoms with Crippen LogP contribution in [0.1, 0.15) is 10.4 Å². The lowest BCUT2D eigenvalue weighted by molar-refractivity contribution is 0.0430. The zero-order chi connectivity index (χ0) is 21.9. The minimum atomic E-state index is -4.07. The number of hydrogen-bond donors (Lipinski definition) is 3. The summed E-state index contributed by atoms with van der Waals surface area (Å²) in [4.78, 5) is 11.8. The SMILES string of the molecule is O=C(OCCO)c1ccc(NS(=O)(=O)c2cc(-c3cccc(F)c3)c(Cl)s2)cc1O. The molecule has 1 aromatic heterocycles. The van der Waals surface area contributed by atoms with Gasteiger partial charge in [-0.2, -0.15) is 0 Å². The van der Waals surface area contributed by atoms with Crippen LogP contribution in [0.4, 0.5) is 10.1 Å². The van der Waals surface area contributed by atoms with Crippen LogP contribution >= 0.6 is 22.9 Å². The van der Waals surface area contributed by atoms with Crippen LogP contribution in [0.3, 0.4) is 0 Å². The number of hydrogen-bond acceptors (Lipinski definition) is 7. The second kappa shape index (κ2) is 9.00. The maximum absolute atomic E-state index is 13.5. The number of anilines is 1. The van der Waals surface area contributed by atoms with Gasteiger partial charge in [0.1, 0.15) is 32.3 Å². The van der Waals surface area contributed by atoms with Crippen molar-refractivity contribution in [3.05, 3.63) is 64.2 Å². The molecule has 30 heavy (non-hydrogen) atoms. The molecule has 0 aliphatic carbocycles. The maximum Gasteiger partial charge on any atom is 0.341 e. The van der Waals surface area contributed by atoms with E-state index in [4.69, 9.17) is 21.4 Å². The number of esters is 1. The van der Waals surface area contributed by atoms with Gasteiger partial charge in [0.05, 0.1) is 12.3 Å². The van der Waals surface area contributed by atoms with Crippen LogP contribution in [0, 0.1) is 5.82 Å². The Morgan fingerprint density at radius 2 is 1.97 bits per heavy atom. The molecule has 0 fully saturated rings. The van der Waals surface area contributed by atoms with Crippen molar-refractivity contribution in [2.24, 2.45) is 0 Å². The first-order valence-corrected chi connectivity index (χ1v) is 11.1. The normalized spacial score (nSPS) is 11.3. The minimum absolute atomic E-state index is 0.00281. The Hall–Kier alpha value is -2.66. The van der Waals surface area contributed by atoms with E-state index in [9.17, 15) is 22.7 Å². The Balaban J connectivity index is 1.84. The number of nitrogens with one attached hydrogen (secondary N) is 1. The van der Waals surface area contributed by atoms with E-state index in [0.29, 0.717) is 11.1 Å². The number of phenols is 1. The van der Waals surface area contributed by atoms with Crippen molar-refractivity contribution in [3.8, 4) is 16.9 Å². The van der Waals surface area contributed by atoms with Gasteiger partial charge in [-0.3, -0.25) is 4.72 Å². The first-order chi connectivity index (χ1) is 14.2. The van der Waals surface area contributed by atoms with Gasteiger partial charge in [-0.15, -0.1) is 11.3 Å². The van der Waals surface area contributed by atoms with E-state index in [0.717, 1.165) is 17.4 Å². The van der Waals surface area contributed by atoms with Crippen molar-refractivity contribution >= 4 is 44.6 Å². The number of ether oxygens (including phenoxy) is 1. The van der Waals surface area contributed by atoms with Gasteiger partial charge in [0.2, 0.25) is 0 Å². The molecule has 158 valence electrons. The number of sulfonamides is 1. The van der Waals surface area contributed by atoms with Crippen molar-refractivity contribution in [1.29, 1.82) is 0 Å². The fraction of sp³-hybridized carbons (Fsp3) is 0.105. The molecule has 0 atom stereocenters. The standard InChI is InChI=1S/C19H15ClFNO6S2/c20-18-15(11-2-1-3-12(21)8-11)10-17(29-18)30(26,27)22-13-4-5-14(16(24)9-13)19(25)28-7-6-23/h1-5,8-10,22-24H,6-7H2. The molecular formula is C19H15ClFNO6S2. The van der Waals surface area contributed by atoms with Gasteiger partial charge in [-0.25, -0.2) is 17.6 Å². The summed E-state index contributed by atoms with van der Waals surface area (Å²) in [6, 6.07) is 10.4. The lowest BCUT2D eigenvalue weighted by Crippen LogP contribution is -2.12. The molecule has 3 N–H and O–H groups in total. The van der Waals surface area contributed by atoms with Crippen LogP contribution in [0.15, 0.2) is 52.7 Å². The summed E-state index contributed by atoms with van der Waals surface area (Å²) in [7, 11) is -4.07. The Morgan fingerprint density at radius 1 is 1.20 bits per heavy atom. The third-order valence-corrected chi connectivity index (χ3v) is 7.07. The van der Waals surface area contributed by atoms with Crippen molar-refractivity contribution in [3.63, 3.8) is 0 Å². The average molecular weight is 472 g/mol. The van der Waals surface area contributed by atoms with Crippen molar-refractivity contribution in [2.45, 2.75) is 4.21 Å². The lowest BCUT2D eigenvalue weighted by Gasteiger charge is -2.09. The summed E-state index contributed by atoms with van der Waals surface area (Å²) >= 11 is 6.95. The van der Waals surface area contributed by atoms with Crippen LogP contribution in [0.25, 0.3) is 11.1 Å². The maximum atomic E-state index is 13.5. The molecule has 7 nitrogen and oxygen atoms in total. The van der Waals surface area contributed by atoms with Crippen LogP contribution in [-0.4, -0.2) is 37.8 Å². The largest absolute Gasteiger partial charge is 0.507 e. The van der Waals surface area contributed by atoms with Crippen molar-refractivity contribution in [1.82, 2.24) is 0 Å². The molecule has 0 aliphatic heterocycles. The van der Waals surface area contributed by atoms with E-state index in [1.165, 1.54) is 36.4 Å². The molecule has 3 rings (SSSR count). The lowest BCUT2D eigenvalue weighted by atomic mass is 10.1. The van der Waals surface area contributed by atoms with E-state index < -0.39 is 27.6 Å². The van der Waals surface area contributed by atoms with Gasteiger partial charge in [0.15, 0.2) is 0 Å². The zero-order valence-corrected chi connectivity index (χ0v) is 17.5. The number of benzene rings is 2. The highest BCUT2D eigenvalue weighted by Crippen LogP contribution is 2.38. The Bertz CT molecular complexity index is 1200. The Kier molecular flexibility index (Phi) is 6.61. The molecule has 0 unspecified atom stereocenters. The number of thiophene rings is 1. The monoisotopic (exact) mass is 471 g/mol. The first kappa shape index (κ1) is 22.0. The molecule has 0 radical (unpaired) electrons. The highest BCUT2D eigenvalue weighted by atomic mass is 35.5. The summed E-state index contributed by atoms with van der Waals surface area (Å²) in [5.41, 5.74) is 0.620. The number of aromatic hydroxyl groups is 1. The van der Waals surface area contributed by atoms with E-state index >= 15 is 0 Å². The number of carbonyl (C=O) groups excluding carboxylic acids is 1. The minimum Gasteiger partial charge on any atom is -0.507 e. The van der Waals surface area contributed by atoms with Crippen molar-refractivity contribution < 1.29 is 32.6 Å². The predicted octanol–water partition coefficient (Wildman–Crippen LogP) is 3.86. The summed E-state index contributed by atoms with van der Waals surface area (Å²) in [6.07, 6.45) is 0. The molecule has 1 heterocycles. The quantitative estimate of drug-likeness (QED) is 0.451. The van der Waals surface area contributed by atoms with Gasteiger partial charge in [0.25, 0.3) is 10.0 Å². The fourth-order valence-corrected chi connectivity index (χ4v) is 5.34. The molecule has 0 bridgehead atoms. The average Bonchev–Trinajstić information content (AvgIpc) is 3.08. The number of phenolic OH excluding ortho intramolecular Hbond substituents is 1. The second-order valence-electron chi connectivity index (χ2n) is 5.96. The molecule has 11 heteroatoms. The third kappa shape index (κ3) is 4.90. The molecule has 0 aliphatic rings. The van der Waals surface area contributed by atoms with Crippen LogP contribution in [-0.2, 0) is 14.8 Å². The van der Waals surface area contributed by atoms with E-state index in [-0.39, 0.29) is 33.0 Å². The molecule has 0 amide bonds. The fourth-order valence-electron chi connectivity index (χ4n) is 2.52. The van der Waals surface area contributed by atoms with Gasteiger partial charge in [-0.05, 0) is 35.9 Å². The first-order valence-electron chi connectivity index (χ1n) is 8.40. The van der Waals surface area contributed by atoms with Crippen LogP contribution in [0.2, 0.25) is 4.34 Å². The molecule has 0 spiro atoms. The number of aliphatic hydroxyl groups excluding tert-OH is 1. The van der Waals surface area contributed by atoms with E-state index in [2.05, 4.69) is 4.72 Å². The van der Waals surface area contributed by atoms with Gasteiger partial charge < -0.3 is 14.9 Å². The topological polar surface area (TPSA) is 113 Å². The molecular weight excluding hydrogens is 457 g/mol. The van der Waals surface area contributed by atoms with Gasteiger partial charge in [-0.1, -0.05) is 23.7 Å². The van der Waals surface area contributed by atoms with Gasteiger partial charge in [0, 0.05) is 11.6 Å².